The summed E-state index contributed by atoms with van der Waals surface area (Å²) >= 11 is 1.53. The highest BCUT2D eigenvalue weighted by atomic mass is 32.1. The monoisotopic (exact) mass is 674 g/mol. The van der Waals surface area contributed by atoms with E-state index in [4.69, 9.17) is 30.5 Å². The molecule has 1 saturated carbocycles. The molecule has 3 aliphatic carbocycles. The number of likely N-dealkylation sites (tertiary alicyclic amines) is 1. The smallest absolute Gasteiger partial charge is 0.251 e. The number of nitrogens with one attached hydrogen (secondary N) is 1. The molecule has 11 nitrogen and oxygen atoms in total. The third-order valence-electron chi connectivity index (χ3n) is 11.9. The molecule has 5 aliphatic rings. The van der Waals surface area contributed by atoms with Gasteiger partial charge in [-0.3, -0.25) is 0 Å². The minimum atomic E-state index is -2.65. The van der Waals surface area contributed by atoms with Crippen LogP contribution in [0.3, 0.4) is 0 Å². The second kappa shape index (κ2) is 10.7. The first-order valence-corrected chi connectivity index (χ1v) is 18.1. The van der Waals surface area contributed by atoms with Crippen LogP contribution in [0.2, 0.25) is 0 Å². The largest absolute Gasteiger partial charge is 0.389 e. The maximum atomic E-state index is 14.2. The standard InChI is InChI=1S/C34H40F2N10OS/c1-19(23-7-5-12-44(23)2)46-31-22(15-40-46)30(45-13-11-39-32(18-45)16-34(35,36)17-32)41-29(42-31)26-20-6-3-9-33(27(20)47-43-26)10-4-8-24-25(33)21(14-37)28(38)48-24/h15,19,23,39H,3-13,16-18,38H2,1-2H3. The molecule has 3 N–H and O–H groups in total. The summed E-state index contributed by atoms with van der Waals surface area (Å²) in [6.07, 6.45) is 8.99. The fourth-order valence-corrected chi connectivity index (χ4v) is 11.0. The zero-order valence-corrected chi connectivity index (χ0v) is 28.2. The Morgan fingerprint density at radius 3 is 2.73 bits per heavy atom. The third kappa shape index (κ3) is 4.39. The van der Waals surface area contributed by atoms with E-state index < -0.39 is 16.9 Å². The van der Waals surface area contributed by atoms with Crippen LogP contribution in [0.25, 0.3) is 22.6 Å². The lowest BCUT2D eigenvalue weighted by atomic mass is 9.63. The molecule has 6 heterocycles. The van der Waals surface area contributed by atoms with Crippen LogP contribution in [0.1, 0.15) is 91.7 Å². The lowest BCUT2D eigenvalue weighted by Gasteiger charge is -2.53. The molecule has 0 radical (unpaired) electrons. The first kappa shape index (κ1) is 30.4. The van der Waals surface area contributed by atoms with Crippen LogP contribution in [-0.2, 0) is 18.3 Å². The number of hydrogen-bond acceptors (Lipinski definition) is 11. The highest BCUT2D eigenvalue weighted by Crippen LogP contribution is 2.55. The van der Waals surface area contributed by atoms with Gasteiger partial charge in [0.05, 0.1) is 28.6 Å². The first-order chi connectivity index (χ1) is 23.1. The topological polar surface area (TPSA) is 138 Å². The number of halogens is 2. The molecule has 252 valence electrons. The van der Waals surface area contributed by atoms with Gasteiger partial charge in [0, 0.05) is 54.5 Å². The zero-order valence-electron chi connectivity index (χ0n) is 27.4. The maximum Gasteiger partial charge on any atom is 0.251 e. The second-order valence-corrected chi connectivity index (χ2v) is 16.0. The van der Waals surface area contributed by atoms with Crippen LogP contribution >= 0.6 is 11.3 Å². The van der Waals surface area contributed by atoms with Crippen molar-refractivity contribution in [2.24, 2.45) is 0 Å². The van der Waals surface area contributed by atoms with Crippen LogP contribution in [0.15, 0.2) is 10.7 Å². The number of nitrogens with zero attached hydrogens (tertiary/aromatic N) is 8. The van der Waals surface area contributed by atoms with Crippen molar-refractivity contribution < 1.29 is 13.3 Å². The Labute approximate surface area is 281 Å². The molecule has 3 atom stereocenters. The molecule has 0 aromatic carbocycles. The van der Waals surface area contributed by atoms with Crippen molar-refractivity contribution in [2.45, 2.75) is 100 Å². The fourth-order valence-electron chi connectivity index (χ4n) is 9.79. The van der Waals surface area contributed by atoms with Gasteiger partial charge >= 0.3 is 0 Å². The summed E-state index contributed by atoms with van der Waals surface area (Å²) in [5.41, 5.74) is 9.18. The van der Waals surface area contributed by atoms with Crippen molar-refractivity contribution in [2.75, 3.05) is 43.9 Å². The number of hydrogen-bond donors (Lipinski definition) is 2. The van der Waals surface area contributed by atoms with E-state index in [9.17, 15) is 14.0 Å². The maximum absolute atomic E-state index is 14.2. The predicted octanol–water partition coefficient (Wildman–Crippen LogP) is 5.19. The van der Waals surface area contributed by atoms with Gasteiger partial charge in [0.15, 0.2) is 22.9 Å². The number of nitrogen functional groups attached to an aromatic ring is 1. The van der Waals surface area contributed by atoms with Gasteiger partial charge in [-0.25, -0.2) is 23.4 Å². The molecule has 48 heavy (non-hydrogen) atoms. The Morgan fingerprint density at radius 1 is 1.17 bits per heavy atom. The summed E-state index contributed by atoms with van der Waals surface area (Å²) in [5, 5.41) is 24.5. The predicted molar refractivity (Wildman–Crippen MR) is 178 cm³/mol. The number of alkyl halides is 2. The van der Waals surface area contributed by atoms with Crippen molar-refractivity contribution in [3.8, 4) is 17.6 Å². The molecule has 0 bridgehead atoms. The van der Waals surface area contributed by atoms with E-state index in [1.807, 2.05) is 10.9 Å². The lowest BCUT2D eigenvalue weighted by Crippen LogP contribution is -2.70. The SMILES string of the molecule is CC(C1CCCN1C)n1ncc2c(N3CCNC4(C3)CC(F)(F)C4)nc(-c3noc4c3CCCC43CCCc4sc(N)c(C#N)c43)nc21. The van der Waals surface area contributed by atoms with E-state index in [0.717, 1.165) is 80.2 Å². The van der Waals surface area contributed by atoms with E-state index in [2.05, 4.69) is 35.2 Å². The molecule has 9 rings (SSSR count). The van der Waals surface area contributed by atoms with Crippen molar-refractivity contribution in [1.82, 2.24) is 35.1 Å². The number of aryl methyl sites for hydroxylation is 1. The number of thiophene rings is 1. The molecule has 3 unspecified atom stereocenters. The number of likely N-dealkylation sites (N-methyl/N-ethyl adjacent to an activating group) is 1. The van der Waals surface area contributed by atoms with Crippen molar-refractivity contribution in [1.29, 1.82) is 5.26 Å². The Hall–Kier alpha value is -3.67. The van der Waals surface area contributed by atoms with E-state index in [-0.39, 0.29) is 18.9 Å². The summed E-state index contributed by atoms with van der Waals surface area (Å²) in [5.74, 6) is -0.690. The molecular weight excluding hydrogens is 635 g/mol. The average Bonchev–Trinajstić information content (AvgIpc) is 3.84. The molecule has 3 fully saturated rings. The quantitative estimate of drug-likeness (QED) is 0.298. The van der Waals surface area contributed by atoms with Gasteiger partial charge in [-0.05, 0) is 77.4 Å². The molecule has 2 aliphatic heterocycles. The summed E-state index contributed by atoms with van der Waals surface area (Å²) in [7, 11) is 2.16. The number of anilines is 2. The van der Waals surface area contributed by atoms with Gasteiger partial charge < -0.3 is 25.4 Å². The average molecular weight is 675 g/mol. The van der Waals surface area contributed by atoms with Crippen LogP contribution in [0, 0.1) is 11.3 Å². The van der Waals surface area contributed by atoms with Crippen molar-refractivity contribution in [3.05, 3.63) is 33.5 Å². The normalized spacial score (nSPS) is 26.8. The Bertz CT molecular complexity index is 1970. The number of fused-ring (bicyclic) bond motifs is 5. The second-order valence-electron chi connectivity index (χ2n) is 14.8. The molecule has 0 amide bonds. The third-order valence-corrected chi connectivity index (χ3v) is 13.0. The number of rotatable bonds is 4. The molecule has 2 spiro atoms. The first-order valence-electron chi connectivity index (χ1n) is 17.3. The molecule has 14 heteroatoms. The van der Waals surface area contributed by atoms with Gasteiger partial charge in [0.25, 0.3) is 5.92 Å². The van der Waals surface area contributed by atoms with E-state index in [1.54, 1.807) is 0 Å². The number of aromatic nitrogens is 5. The summed E-state index contributed by atoms with van der Waals surface area (Å²) in [6, 6.07) is 2.78. The summed E-state index contributed by atoms with van der Waals surface area (Å²) in [6.45, 7) is 4.89. The Balaban J connectivity index is 1.19. The van der Waals surface area contributed by atoms with Gasteiger partial charge in [-0.15, -0.1) is 11.3 Å². The van der Waals surface area contributed by atoms with E-state index in [1.165, 1.54) is 16.2 Å². The van der Waals surface area contributed by atoms with Crippen LogP contribution in [0.5, 0.6) is 0 Å². The van der Waals surface area contributed by atoms with Gasteiger partial charge in [-0.1, -0.05) is 5.16 Å². The molecular formula is C34H40F2N10OS. The fraction of sp³-hybridized carbons (Fsp3) is 0.618. The Morgan fingerprint density at radius 2 is 1.98 bits per heavy atom. The Kier molecular flexibility index (Phi) is 6.75. The molecule has 4 aromatic heterocycles. The van der Waals surface area contributed by atoms with Gasteiger partial charge in [0.2, 0.25) is 0 Å². The van der Waals surface area contributed by atoms with Crippen molar-refractivity contribution >= 4 is 33.2 Å². The summed E-state index contributed by atoms with van der Waals surface area (Å²) in [4.78, 5) is 16.1. The lowest BCUT2D eigenvalue weighted by molar-refractivity contribution is -0.133. The summed E-state index contributed by atoms with van der Waals surface area (Å²) < 4.78 is 36.7. The molecule has 2 saturated heterocycles. The number of nitrogens with two attached hydrogens (primary N) is 1. The van der Waals surface area contributed by atoms with E-state index in [0.29, 0.717) is 59.2 Å². The highest BCUT2D eigenvalue weighted by molar-refractivity contribution is 7.16. The number of nitriles is 1. The van der Waals surface area contributed by atoms with E-state index >= 15 is 0 Å². The molecule has 4 aromatic rings. The van der Waals surface area contributed by atoms with Crippen LogP contribution in [0.4, 0.5) is 19.6 Å². The minimum absolute atomic E-state index is 0.0638. The van der Waals surface area contributed by atoms with Gasteiger partial charge in [-0.2, -0.15) is 10.4 Å². The van der Waals surface area contributed by atoms with Gasteiger partial charge in [0.1, 0.15) is 16.9 Å². The van der Waals surface area contributed by atoms with Crippen LogP contribution in [-0.4, -0.2) is 80.5 Å². The zero-order chi connectivity index (χ0) is 33.0. The minimum Gasteiger partial charge on any atom is -0.389 e. The van der Waals surface area contributed by atoms with Crippen molar-refractivity contribution in [3.63, 3.8) is 0 Å². The van der Waals surface area contributed by atoms with Crippen LogP contribution < -0.4 is 16.0 Å². The highest BCUT2D eigenvalue weighted by Gasteiger charge is 2.58. The number of piperazine rings is 1.